The highest BCUT2D eigenvalue weighted by Gasteiger charge is 2.40. The van der Waals surface area contributed by atoms with Gasteiger partial charge in [0.2, 0.25) is 0 Å². The Bertz CT molecular complexity index is 223. The van der Waals surface area contributed by atoms with Crippen LogP contribution in [0, 0.1) is 5.92 Å². The van der Waals surface area contributed by atoms with Gasteiger partial charge in [0.25, 0.3) is 0 Å². The van der Waals surface area contributed by atoms with Gasteiger partial charge in [-0.15, -0.1) is 13.2 Å². The van der Waals surface area contributed by atoms with Crippen molar-refractivity contribution in [1.82, 2.24) is 0 Å². The second-order valence-electron chi connectivity index (χ2n) is 2.73. The van der Waals surface area contributed by atoms with E-state index >= 15 is 0 Å². The summed E-state index contributed by atoms with van der Waals surface area (Å²) in [7, 11) is 0. The second kappa shape index (κ2) is 5.47. The molecule has 0 spiro atoms. The lowest BCUT2D eigenvalue weighted by Crippen LogP contribution is -2.30. The highest BCUT2D eigenvalue weighted by molar-refractivity contribution is 5.91. The van der Waals surface area contributed by atoms with E-state index in [1.165, 1.54) is 12.2 Å². The first-order chi connectivity index (χ1) is 6.47. The van der Waals surface area contributed by atoms with Crippen molar-refractivity contribution in [1.29, 1.82) is 0 Å². The van der Waals surface area contributed by atoms with E-state index in [1.54, 1.807) is 0 Å². The Morgan fingerprint density at radius 1 is 1.29 bits per heavy atom. The van der Waals surface area contributed by atoms with Gasteiger partial charge in [-0.1, -0.05) is 17.3 Å². The minimum Gasteiger partial charge on any atom is -0.411 e. The summed E-state index contributed by atoms with van der Waals surface area (Å²) in [5.74, 6) is -0.907. The van der Waals surface area contributed by atoms with E-state index in [-0.39, 0.29) is 12.8 Å². The molecule has 0 radical (unpaired) electrons. The fourth-order valence-electron chi connectivity index (χ4n) is 1.09. The third-order valence-corrected chi connectivity index (χ3v) is 1.69. The Morgan fingerprint density at radius 2 is 1.71 bits per heavy atom. The molecule has 0 amide bonds. The number of allylic oxidation sites excluding steroid dienone is 2. The van der Waals surface area contributed by atoms with Crippen molar-refractivity contribution in [3.63, 3.8) is 0 Å². The van der Waals surface area contributed by atoms with Crippen LogP contribution >= 0.6 is 0 Å². The molecule has 0 saturated heterocycles. The molecule has 0 heterocycles. The number of rotatable bonds is 5. The van der Waals surface area contributed by atoms with Crippen molar-refractivity contribution in [3.05, 3.63) is 25.3 Å². The number of alkyl halides is 3. The Hall–Kier alpha value is -1.26. The number of hydrogen-bond acceptors (Lipinski definition) is 2. The Morgan fingerprint density at radius 3 is 1.93 bits per heavy atom. The average Bonchev–Trinajstić information content (AvgIpc) is 2.03. The molecule has 80 valence electrons. The maximum absolute atomic E-state index is 12.3. The first-order valence-electron chi connectivity index (χ1n) is 3.98. The van der Waals surface area contributed by atoms with Gasteiger partial charge in [0.1, 0.15) is 0 Å². The zero-order valence-corrected chi connectivity index (χ0v) is 7.59. The van der Waals surface area contributed by atoms with E-state index in [4.69, 9.17) is 5.21 Å². The lowest BCUT2D eigenvalue weighted by atomic mass is 9.95. The van der Waals surface area contributed by atoms with Crippen LogP contribution < -0.4 is 0 Å². The molecule has 0 aromatic carbocycles. The third kappa shape index (κ3) is 3.64. The van der Waals surface area contributed by atoms with Crippen LogP contribution in [0.15, 0.2) is 30.5 Å². The van der Waals surface area contributed by atoms with Crippen molar-refractivity contribution in [3.8, 4) is 0 Å². The zero-order chi connectivity index (χ0) is 11.2. The minimum absolute atomic E-state index is 0.102. The second-order valence-corrected chi connectivity index (χ2v) is 2.73. The first kappa shape index (κ1) is 12.7. The molecule has 5 heteroatoms. The van der Waals surface area contributed by atoms with Crippen LogP contribution in [-0.2, 0) is 0 Å². The van der Waals surface area contributed by atoms with E-state index in [9.17, 15) is 13.2 Å². The summed E-state index contributed by atoms with van der Waals surface area (Å²) >= 11 is 0. The molecule has 0 unspecified atom stereocenters. The highest BCUT2D eigenvalue weighted by atomic mass is 19.4. The van der Waals surface area contributed by atoms with Gasteiger partial charge in [-0.3, -0.25) is 0 Å². The highest BCUT2D eigenvalue weighted by Crippen LogP contribution is 2.26. The van der Waals surface area contributed by atoms with Gasteiger partial charge in [-0.05, 0) is 12.8 Å². The largest absolute Gasteiger partial charge is 0.433 e. The van der Waals surface area contributed by atoms with E-state index in [0.717, 1.165) is 0 Å². The molecule has 0 rings (SSSR count). The molecular formula is C9H12F3NO. The SMILES string of the molecule is C=CCC(CC=C)/C(=N/O)C(F)(F)F. The van der Waals surface area contributed by atoms with Crippen molar-refractivity contribution in [2.24, 2.45) is 11.1 Å². The summed E-state index contributed by atoms with van der Waals surface area (Å²) < 4.78 is 36.8. The van der Waals surface area contributed by atoms with Crippen molar-refractivity contribution in [2.45, 2.75) is 19.0 Å². The molecule has 1 N–H and O–H groups in total. The van der Waals surface area contributed by atoms with E-state index in [0.29, 0.717) is 0 Å². The van der Waals surface area contributed by atoms with Crippen LogP contribution in [0.5, 0.6) is 0 Å². The maximum atomic E-state index is 12.3. The van der Waals surface area contributed by atoms with E-state index < -0.39 is 17.8 Å². The summed E-state index contributed by atoms with van der Waals surface area (Å²) in [6.45, 7) is 6.69. The molecule has 0 saturated carbocycles. The molecule has 0 atom stereocenters. The smallest absolute Gasteiger partial charge is 0.411 e. The van der Waals surface area contributed by atoms with Gasteiger partial charge in [-0.25, -0.2) is 0 Å². The van der Waals surface area contributed by atoms with Gasteiger partial charge >= 0.3 is 6.18 Å². The molecular weight excluding hydrogens is 195 g/mol. The van der Waals surface area contributed by atoms with E-state index in [1.807, 2.05) is 0 Å². The summed E-state index contributed by atoms with van der Waals surface area (Å²) in [4.78, 5) is 0. The van der Waals surface area contributed by atoms with Crippen LogP contribution in [0.25, 0.3) is 0 Å². The Labute approximate surface area is 80.4 Å². The van der Waals surface area contributed by atoms with Crippen LogP contribution in [0.2, 0.25) is 0 Å². The third-order valence-electron chi connectivity index (χ3n) is 1.69. The molecule has 0 fully saturated rings. The predicted molar refractivity (Wildman–Crippen MR) is 48.4 cm³/mol. The summed E-state index contributed by atoms with van der Waals surface area (Å²) in [5.41, 5.74) is -1.18. The molecule has 0 aliphatic rings. The summed E-state index contributed by atoms with van der Waals surface area (Å²) in [5, 5.41) is 10.6. The molecule has 2 nitrogen and oxygen atoms in total. The van der Waals surface area contributed by atoms with E-state index in [2.05, 4.69) is 18.3 Å². The molecule has 14 heavy (non-hydrogen) atoms. The Balaban J connectivity index is 4.76. The molecule has 0 aromatic heterocycles. The normalized spacial score (nSPS) is 13.0. The first-order valence-corrected chi connectivity index (χ1v) is 3.98. The van der Waals surface area contributed by atoms with Crippen molar-refractivity contribution >= 4 is 5.71 Å². The van der Waals surface area contributed by atoms with Crippen molar-refractivity contribution < 1.29 is 18.4 Å². The topological polar surface area (TPSA) is 32.6 Å². The fraction of sp³-hybridized carbons (Fsp3) is 0.444. The van der Waals surface area contributed by atoms with Gasteiger partial charge < -0.3 is 5.21 Å². The monoisotopic (exact) mass is 207 g/mol. The summed E-state index contributed by atoms with van der Waals surface area (Å²) in [6, 6.07) is 0. The van der Waals surface area contributed by atoms with Crippen molar-refractivity contribution in [2.75, 3.05) is 0 Å². The average molecular weight is 207 g/mol. The zero-order valence-electron chi connectivity index (χ0n) is 7.59. The maximum Gasteiger partial charge on any atom is 0.433 e. The van der Waals surface area contributed by atoms with Crippen LogP contribution in [0.3, 0.4) is 0 Å². The fourth-order valence-corrected chi connectivity index (χ4v) is 1.09. The quantitative estimate of drug-likeness (QED) is 0.319. The van der Waals surface area contributed by atoms with Gasteiger partial charge in [0.15, 0.2) is 5.71 Å². The number of hydrogen-bond donors (Lipinski definition) is 1. The van der Waals surface area contributed by atoms with Gasteiger partial charge in [0, 0.05) is 5.92 Å². The van der Waals surface area contributed by atoms with Gasteiger partial charge in [0.05, 0.1) is 0 Å². The number of halogens is 3. The molecule has 0 aromatic rings. The lowest BCUT2D eigenvalue weighted by Gasteiger charge is -2.16. The minimum atomic E-state index is -4.61. The molecule has 0 aliphatic carbocycles. The predicted octanol–water partition coefficient (Wildman–Crippen LogP) is 3.15. The molecule has 0 bridgehead atoms. The lowest BCUT2D eigenvalue weighted by molar-refractivity contribution is -0.0651. The number of nitrogens with zero attached hydrogens (tertiary/aromatic N) is 1. The van der Waals surface area contributed by atoms with Gasteiger partial charge in [-0.2, -0.15) is 13.2 Å². The molecule has 0 aliphatic heterocycles. The van der Waals surface area contributed by atoms with Crippen LogP contribution in [-0.4, -0.2) is 17.1 Å². The summed E-state index contributed by atoms with van der Waals surface area (Å²) in [6.07, 6.45) is -1.70. The number of oxime groups is 1. The van der Waals surface area contributed by atoms with Crippen LogP contribution in [0.4, 0.5) is 13.2 Å². The Kier molecular flexibility index (Phi) is 4.97. The van der Waals surface area contributed by atoms with Crippen LogP contribution in [0.1, 0.15) is 12.8 Å². The standard InChI is InChI=1S/C9H12F3NO/c1-3-5-7(6-4-2)8(13-14)9(10,11)12/h3-4,7,14H,1-2,5-6H2/b13-8-.